The summed E-state index contributed by atoms with van der Waals surface area (Å²) in [7, 11) is -2.13. The molecule has 1 amide bonds. The molecule has 146 valence electrons. The maximum Gasteiger partial charge on any atom is 0.338 e. The van der Waals surface area contributed by atoms with Crippen LogP contribution >= 0.6 is 0 Å². The molecular formula is C17H26N2O6S. The first kappa shape index (κ1) is 22.1. The van der Waals surface area contributed by atoms with E-state index in [-0.39, 0.29) is 16.5 Å². The molecule has 1 aromatic rings. The number of nitrogens with one attached hydrogen (secondary N) is 2. The lowest BCUT2D eigenvalue weighted by Gasteiger charge is -2.14. The van der Waals surface area contributed by atoms with Gasteiger partial charge in [0, 0.05) is 19.7 Å². The lowest BCUT2D eigenvalue weighted by Crippen LogP contribution is -2.37. The molecule has 2 N–H and O–H groups in total. The average Bonchev–Trinajstić information content (AvgIpc) is 2.61. The quantitative estimate of drug-likeness (QED) is 0.460. The second-order valence-electron chi connectivity index (χ2n) is 5.79. The SMILES string of the molecule is CC[C@@H](C)NS(=O)(=O)c1ccc(C(=O)O[C@H](C)C(=O)NCCOC)cc1. The molecule has 0 spiro atoms. The molecule has 0 bridgehead atoms. The lowest BCUT2D eigenvalue weighted by molar-refractivity contribution is -0.129. The predicted octanol–water partition coefficient (Wildman–Crippen LogP) is 1.07. The number of rotatable bonds is 10. The van der Waals surface area contributed by atoms with Crippen molar-refractivity contribution >= 4 is 21.9 Å². The fourth-order valence-electron chi connectivity index (χ4n) is 1.89. The summed E-state index contributed by atoms with van der Waals surface area (Å²) in [6.07, 6.45) is -0.316. The highest BCUT2D eigenvalue weighted by Crippen LogP contribution is 2.13. The zero-order chi connectivity index (χ0) is 19.7. The second kappa shape index (κ2) is 10.2. The van der Waals surface area contributed by atoms with Gasteiger partial charge in [-0.25, -0.2) is 17.9 Å². The smallest absolute Gasteiger partial charge is 0.338 e. The third kappa shape index (κ3) is 6.74. The van der Waals surface area contributed by atoms with E-state index in [2.05, 4.69) is 10.0 Å². The van der Waals surface area contributed by atoms with Crippen LogP contribution in [0.3, 0.4) is 0 Å². The summed E-state index contributed by atoms with van der Waals surface area (Å²) >= 11 is 0. The van der Waals surface area contributed by atoms with Crippen LogP contribution in [-0.2, 0) is 24.3 Å². The van der Waals surface area contributed by atoms with E-state index in [1.165, 1.54) is 38.3 Å². The van der Waals surface area contributed by atoms with Crippen LogP contribution in [0.15, 0.2) is 29.2 Å². The van der Waals surface area contributed by atoms with Crippen LogP contribution in [0.2, 0.25) is 0 Å². The maximum absolute atomic E-state index is 12.2. The monoisotopic (exact) mass is 386 g/mol. The zero-order valence-corrected chi connectivity index (χ0v) is 16.3. The molecule has 0 aliphatic carbocycles. The molecule has 0 aliphatic rings. The van der Waals surface area contributed by atoms with Crippen LogP contribution in [0.5, 0.6) is 0 Å². The first-order valence-corrected chi connectivity index (χ1v) is 9.79. The van der Waals surface area contributed by atoms with Crippen molar-refractivity contribution in [1.82, 2.24) is 10.0 Å². The van der Waals surface area contributed by atoms with Gasteiger partial charge >= 0.3 is 5.97 Å². The van der Waals surface area contributed by atoms with E-state index < -0.39 is 28.0 Å². The molecular weight excluding hydrogens is 360 g/mol. The molecule has 0 unspecified atom stereocenters. The molecule has 26 heavy (non-hydrogen) atoms. The molecule has 9 heteroatoms. The van der Waals surface area contributed by atoms with Gasteiger partial charge in [-0.3, -0.25) is 4.79 Å². The van der Waals surface area contributed by atoms with Gasteiger partial charge in [0.1, 0.15) is 0 Å². The zero-order valence-electron chi connectivity index (χ0n) is 15.4. The Kier molecular flexibility index (Phi) is 8.70. The van der Waals surface area contributed by atoms with Crippen molar-refractivity contribution in [3.63, 3.8) is 0 Å². The molecule has 0 aliphatic heterocycles. The number of ether oxygens (including phenoxy) is 2. The molecule has 1 rings (SSSR count). The second-order valence-corrected chi connectivity index (χ2v) is 7.50. The van der Waals surface area contributed by atoms with E-state index in [1.807, 2.05) is 6.92 Å². The molecule has 1 aromatic carbocycles. The van der Waals surface area contributed by atoms with Crippen molar-refractivity contribution in [3.8, 4) is 0 Å². The minimum atomic E-state index is -3.64. The van der Waals surface area contributed by atoms with Gasteiger partial charge in [0.2, 0.25) is 10.0 Å². The summed E-state index contributed by atoms with van der Waals surface area (Å²) in [5.41, 5.74) is 0.157. The highest BCUT2D eigenvalue weighted by molar-refractivity contribution is 7.89. The van der Waals surface area contributed by atoms with Gasteiger partial charge in [0.15, 0.2) is 6.10 Å². The molecule has 8 nitrogen and oxygen atoms in total. The standard InChI is InChI=1S/C17H26N2O6S/c1-5-12(2)19-26(22,23)15-8-6-14(7-9-15)17(21)25-13(3)16(20)18-10-11-24-4/h6-9,12-13,19H,5,10-11H2,1-4H3,(H,18,20)/t12-,13-/m1/s1. The van der Waals surface area contributed by atoms with E-state index in [1.54, 1.807) is 6.92 Å². The minimum Gasteiger partial charge on any atom is -0.449 e. The van der Waals surface area contributed by atoms with Crippen molar-refractivity contribution in [1.29, 1.82) is 0 Å². The minimum absolute atomic E-state index is 0.0553. The lowest BCUT2D eigenvalue weighted by atomic mass is 10.2. The van der Waals surface area contributed by atoms with Gasteiger partial charge in [-0.05, 0) is 44.5 Å². The Labute approximate surface area is 154 Å². The Bertz CT molecular complexity index is 702. The number of carbonyl (C=O) groups is 2. The van der Waals surface area contributed by atoms with Gasteiger partial charge in [0.25, 0.3) is 5.91 Å². The largest absolute Gasteiger partial charge is 0.449 e. The van der Waals surface area contributed by atoms with Crippen LogP contribution in [0, 0.1) is 0 Å². The van der Waals surface area contributed by atoms with E-state index in [9.17, 15) is 18.0 Å². The Morgan fingerprint density at radius 3 is 2.31 bits per heavy atom. The third-order valence-electron chi connectivity index (χ3n) is 3.63. The summed E-state index contributed by atoms with van der Waals surface area (Å²) < 4.78 is 36.8. The van der Waals surface area contributed by atoms with Crippen LogP contribution in [-0.4, -0.2) is 52.7 Å². The van der Waals surface area contributed by atoms with Crippen molar-refractivity contribution < 1.29 is 27.5 Å². The summed E-state index contributed by atoms with van der Waals surface area (Å²) in [6, 6.07) is 5.16. The average molecular weight is 386 g/mol. The number of sulfonamides is 1. The van der Waals surface area contributed by atoms with Crippen LogP contribution in [0.25, 0.3) is 0 Å². The van der Waals surface area contributed by atoms with E-state index >= 15 is 0 Å². The van der Waals surface area contributed by atoms with Crippen LogP contribution in [0.1, 0.15) is 37.6 Å². The molecule has 0 fully saturated rings. The molecule has 2 atom stereocenters. The number of esters is 1. The number of hydrogen-bond donors (Lipinski definition) is 2. The highest BCUT2D eigenvalue weighted by Gasteiger charge is 2.20. The normalized spacial score (nSPS) is 13.7. The number of hydrogen-bond acceptors (Lipinski definition) is 6. The van der Waals surface area contributed by atoms with Gasteiger partial charge in [-0.2, -0.15) is 0 Å². The van der Waals surface area contributed by atoms with E-state index in [0.717, 1.165) is 0 Å². The number of carbonyl (C=O) groups excluding carboxylic acids is 2. The van der Waals surface area contributed by atoms with E-state index in [0.29, 0.717) is 19.6 Å². The van der Waals surface area contributed by atoms with Gasteiger partial charge in [-0.1, -0.05) is 6.92 Å². The number of benzene rings is 1. The molecule has 0 saturated carbocycles. The van der Waals surface area contributed by atoms with Crippen molar-refractivity contribution in [2.24, 2.45) is 0 Å². The van der Waals surface area contributed by atoms with Gasteiger partial charge in [0.05, 0.1) is 17.1 Å². The first-order chi connectivity index (χ1) is 12.2. The fraction of sp³-hybridized carbons (Fsp3) is 0.529. The summed E-state index contributed by atoms with van der Waals surface area (Å²) in [6.45, 7) is 5.76. The number of methoxy groups -OCH3 is 1. The summed E-state index contributed by atoms with van der Waals surface area (Å²) in [5.74, 6) is -1.15. The maximum atomic E-state index is 12.2. The molecule has 0 aromatic heterocycles. The Morgan fingerprint density at radius 2 is 1.77 bits per heavy atom. The highest BCUT2D eigenvalue weighted by atomic mass is 32.2. The summed E-state index contributed by atoms with van der Waals surface area (Å²) in [5, 5.41) is 2.56. The molecule has 0 radical (unpaired) electrons. The third-order valence-corrected chi connectivity index (χ3v) is 5.23. The fourth-order valence-corrected chi connectivity index (χ4v) is 3.22. The summed E-state index contributed by atoms with van der Waals surface area (Å²) in [4.78, 5) is 23.9. The molecule has 0 heterocycles. The topological polar surface area (TPSA) is 111 Å². The predicted molar refractivity (Wildman–Crippen MR) is 96.3 cm³/mol. The van der Waals surface area contributed by atoms with Crippen molar-refractivity contribution in [2.45, 2.75) is 44.2 Å². The Hall–Kier alpha value is -1.97. The first-order valence-electron chi connectivity index (χ1n) is 8.31. The van der Waals surface area contributed by atoms with Crippen LogP contribution < -0.4 is 10.0 Å². The van der Waals surface area contributed by atoms with Crippen molar-refractivity contribution in [3.05, 3.63) is 29.8 Å². The number of amides is 1. The Balaban J connectivity index is 2.70. The molecule has 0 saturated heterocycles. The van der Waals surface area contributed by atoms with E-state index in [4.69, 9.17) is 9.47 Å². The Morgan fingerprint density at radius 1 is 1.15 bits per heavy atom. The van der Waals surface area contributed by atoms with Crippen LogP contribution in [0.4, 0.5) is 0 Å². The van der Waals surface area contributed by atoms with Gasteiger partial charge in [-0.15, -0.1) is 0 Å². The van der Waals surface area contributed by atoms with Gasteiger partial charge < -0.3 is 14.8 Å². The van der Waals surface area contributed by atoms with Crippen molar-refractivity contribution in [2.75, 3.05) is 20.3 Å².